The summed E-state index contributed by atoms with van der Waals surface area (Å²) < 4.78 is 0. The van der Waals surface area contributed by atoms with E-state index in [1.165, 1.54) is 0 Å². The van der Waals surface area contributed by atoms with Crippen LogP contribution >= 0.6 is 11.3 Å². The minimum Gasteiger partial charge on any atom is -0.409 e. The standard InChI is InChI=1S/C9H13N3O2S/c1-6(7-2-3-15-5-7)11-9(13)4-8(10)12-14/h2-3,5-6,14H,4H2,1H3,(H2,10,12)(H,11,13). The summed E-state index contributed by atoms with van der Waals surface area (Å²) in [7, 11) is 0. The molecule has 1 rings (SSSR count). The molecule has 0 aromatic carbocycles. The first-order chi connectivity index (χ1) is 7.13. The van der Waals surface area contributed by atoms with E-state index in [-0.39, 0.29) is 24.2 Å². The Kier molecular flexibility index (Phi) is 4.11. The first-order valence-corrected chi connectivity index (χ1v) is 5.35. The molecule has 0 aliphatic rings. The molecule has 0 saturated carbocycles. The van der Waals surface area contributed by atoms with Crippen molar-refractivity contribution >= 4 is 23.1 Å². The molecule has 4 N–H and O–H groups in total. The summed E-state index contributed by atoms with van der Waals surface area (Å²) in [5, 5.41) is 17.7. The van der Waals surface area contributed by atoms with Crippen molar-refractivity contribution in [2.75, 3.05) is 0 Å². The number of nitrogens with zero attached hydrogens (tertiary/aromatic N) is 1. The molecule has 0 bridgehead atoms. The van der Waals surface area contributed by atoms with Gasteiger partial charge in [-0.15, -0.1) is 0 Å². The van der Waals surface area contributed by atoms with E-state index in [9.17, 15) is 4.79 Å². The molecule has 0 radical (unpaired) electrons. The Balaban J connectivity index is 2.45. The Bertz CT molecular complexity index is 348. The molecule has 0 aliphatic carbocycles. The zero-order valence-electron chi connectivity index (χ0n) is 8.30. The van der Waals surface area contributed by atoms with Crippen LogP contribution in [-0.2, 0) is 4.79 Å². The molecule has 6 heteroatoms. The Morgan fingerprint density at radius 1 is 1.80 bits per heavy atom. The van der Waals surface area contributed by atoms with Gasteiger partial charge in [-0.1, -0.05) is 5.16 Å². The number of amides is 1. The van der Waals surface area contributed by atoms with Gasteiger partial charge in [-0.25, -0.2) is 0 Å². The number of nitrogens with two attached hydrogens (primary N) is 1. The molecule has 1 atom stereocenters. The monoisotopic (exact) mass is 227 g/mol. The van der Waals surface area contributed by atoms with Gasteiger partial charge in [0.2, 0.25) is 5.91 Å². The molecule has 0 saturated heterocycles. The van der Waals surface area contributed by atoms with Crippen molar-refractivity contribution in [1.82, 2.24) is 5.32 Å². The van der Waals surface area contributed by atoms with E-state index in [1.807, 2.05) is 23.8 Å². The van der Waals surface area contributed by atoms with Crippen molar-refractivity contribution in [2.45, 2.75) is 19.4 Å². The summed E-state index contributed by atoms with van der Waals surface area (Å²) in [6, 6.07) is 1.88. The topological polar surface area (TPSA) is 87.7 Å². The lowest BCUT2D eigenvalue weighted by molar-refractivity contribution is -0.120. The fraction of sp³-hybridized carbons (Fsp3) is 0.333. The number of carbonyl (C=O) groups is 1. The van der Waals surface area contributed by atoms with Crippen LogP contribution in [0.4, 0.5) is 0 Å². The number of thiophene rings is 1. The van der Waals surface area contributed by atoms with Crippen LogP contribution < -0.4 is 11.1 Å². The third-order valence-electron chi connectivity index (χ3n) is 1.89. The van der Waals surface area contributed by atoms with Crippen LogP contribution in [0.2, 0.25) is 0 Å². The number of oxime groups is 1. The zero-order chi connectivity index (χ0) is 11.3. The summed E-state index contributed by atoms with van der Waals surface area (Å²) >= 11 is 1.57. The Morgan fingerprint density at radius 2 is 2.53 bits per heavy atom. The number of amidine groups is 1. The van der Waals surface area contributed by atoms with Crippen LogP contribution in [-0.4, -0.2) is 17.0 Å². The van der Waals surface area contributed by atoms with E-state index in [2.05, 4.69) is 10.5 Å². The second-order valence-corrected chi connectivity index (χ2v) is 3.89. The Labute approximate surface area is 91.6 Å². The first-order valence-electron chi connectivity index (χ1n) is 4.41. The first kappa shape index (κ1) is 11.5. The van der Waals surface area contributed by atoms with E-state index >= 15 is 0 Å². The highest BCUT2D eigenvalue weighted by Gasteiger charge is 2.10. The number of hydrogen-bond donors (Lipinski definition) is 3. The molecule has 5 nitrogen and oxygen atoms in total. The van der Waals surface area contributed by atoms with Gasteiger partial charge < -0.3 is 16.3 Å². The molecule has 0 fully saturated rings. The maximum absolute atomic E-state index is 11.3. The molecular weight excluding hydrogens is 214 g/mol. The van der Waals surface area contributed by atoms with Crippen LogP contribution in [0.25, 0.3) is 0 Å². The average Bonchev–Trinajstić information content (AvgIpc) is 2.70. The minimum atomic E-state index is -0.260. The normalized spacial score (nSPS) is 13.5. The summed E-state index contributed by atoms with van der Waals surface area (Å²) in [5.74, 6) is -0.353. The predicted molar refractivity (Wildman–Crippen MR) is 58.9 cm³/mol. The largest absolute Gasteiger partial charge is 0.409 e. The fourth-order valence-corrected chi connectivity index (χ4v) is 1.85. The van der Waals surface area contributed by atoms with Crippen molar-refractivity contribution in [3.63, 3.8) is 0 Å². The van der Waals surface area contributed by atoms with Crippen LogP contribution in [0.5, 0.6) is 0 Å². The van der Waals surface area contributed by atoms with Gasteiger partial charge in [0.05, 0.1) is 12.5 Å². The van der Waals surface area contributed by atoms with Crippen molar-refractivity contribution < 1.29 is 10.0 Å². The Morgan fingerprint density at radius 3 is 3.07 bits per heavy atom. The minimum absolute atomic E-state index is 0.0600. The molecule has 0 spiro atoms. The number of nitrogens with one attached hydrogen (secondary N) is 1. The molecule has 0 aliphatic heterocycles. The number of hydrogen-bond acceptors (Lipinski definition) is 4. The van der Waals surface area contributed by atoms with Gasteiger partial charge in [0, 0.05) is 0 Å². The van der Waals surface area contributed by atoms with E-state index < -0.39 is 0 Å². The van der Waals surface area contributed by atoms with Crippen molar-refractivity contribution in [2.24, 2.45) is 10.9 Å². The molecule has 1 aromatic rings. The van der Waals surface area contributed by atoms with Crippen molar-refractivity contribution in [3.05, 3.63) is 22.4 Å². The maximum atomic E-state index is 11.3. The molecule has 82 valence electrons. The van der Waals surface area contributed by atoms with Gasteiger partial charge in [0.1, 0.15) is 5.84 Å². The lowest BCUT2D eigenvalue weighted by atomic mass is 10.2. The second kappa shape index (κ2) is 5.35. The highest BCUT2D eigenvalue weighted by Crippen LogP contribution is 2.15. The molecule has 1 aromatic heterocycles. The van der Waals surface area contributed by atoms with Gasteiger partial charge in [-0.05, 0) is 29.3 Å². The van der Waals surface area contributed by atoms with Crippen molar-refractivity contribution in [1.29, 1.82) is 0 Å². The quantitative estimate of drug-likeness (QED) is 0.311. The van der Waals surface area contributed by atoms with Gasteiger partial charge >= 0.3 is 0 Å². The summed E-state index contributed by atoms with van der Waals surface area (Å²) in [4.78, 5) is 11.3. The summed E-state index contributed by atoms with van der Waals surface area (Å²) in [6.45, 7) is 1.88. The summed E-state index contributed by atoms with van der Waals surface area (Å²) in [6.07, 6.45) is -0.0923. The van der Waals surface area contributed by atoms with Gasteiger partial charge in [0.15, 0.2) is 0 Å². The van der Waals surface area contributed by atoms with E-state index in [0.29, 0.717) is 0 Å². The van der Waals surface area contributed by atoms with E-state index in [0.717, 1.165) is 5.56 Å². The zero-order valence-corrected chi connectivity index (χ0v) is 9.12. The van der Waals surface area contributed by atoms with Gasteiger partial charge in [-0.2, -0.15) is 11.3 Å². The highest BCUT2D eigenvalue weighted by molar-refractivity contribution is 7.07. The SMILES string of the molecule is CC(NC(=O)CC(N)=NO)c1ccsc1. The number of carbonyl (C=O) groups excluding carboxylic acids is 1. The molecule has 15 heavy (non-hydrogen) atoms. The third-order valence-corrected chi connectivity index (χ3v) is 2.59. The number of rotatable bonds is 4. The van der Waals surface area contributed by atoms with Gasteiger partial charge in [-0.3, -0.25) is 4.79 Å². The van der Waals surface area contributed by atoms with Crippen LogP contribution in [0.15, 0.2) is 22.0 Å². The highest BCUT2D eigenvalue weighted by atomic mass is 32.1. The molecule has 1 amide bonds. The van der Waals surface area contributed by atoms with E-state index in [1.54, 1.807) is 11.3 Å². The fourth-order valence-electron chi connectivity index (χ4n) is 1.10. The van der Waals surface area contributed by atoms with Gasteiger partial charge in [0.25, 0.3) is 0 Å². The van der Waals surface area contributed by atoms with E-state index in [4.69, 9.17) is 10.9 Å². The summed E-state index contributed by atoms with van der Waals surface area (Å²) in [5.41, 5.74) is 6.26. The molecular formula is C9H13N3O2S. The lowest BCUT2D eigenvalue weighted by Gasteiger charge is -2.11. The van der Waals surface area contributed by atoms with Crippen molar-refractivity contribution in [3.8, 4) is 0 Å². The lowest BCUT2D eigenvalue weighted by Crippen LogP contribution is -2.30. The molecule has 1 heterocycles. The average molecular weight is 227 g/mol. The van der Waals surface area contributed by atoms with Crippen LogP contribution in [0.3, 0.4) is 0 Å². The molecule has 1 unspecified atom stereocenters. The Hall–Kier alpha value is -1.56. The third kappa shape index (κ3) is 3.59. The van der Waals surface area contributed by atoms with Crippen LogP contribution in [0, 0.1) is 0 Å². The second-order valence-electron chi connectivity index (χ2n) is 3.11. The maximum Gasteiger partial charge on any atom is 0.228 e. The predicted octanol–water partition coefficient (Wildman–Crippen LogP) is 1.06. The smallest absolute Gasteiger partial charge is 0.228 e. The van der Waals surface area contributed by atoms with Crippen LogP contribution in [0.1, 0.15) is 24.9 Å².